The number of nitrogens with one attached hydrogen (secondary N) is 1. The molecule has 1 aliphatic heterocycles. The summed E-state index contributed by atoms with van der Waals surface area (Å²) in [4.78, 5) is 14.6. The van der Waals surface area contributed by atoms with E-state index in [1.807, 2.05) is 0 Å². The zero-order valence-electron chi connectivity index (χ0n) is 12.0. The van der Waals surface area contributed by atoms with Crippen LogP contribution in [0.25, 0.3) is 0 Å². The van der Waals surface area contributed by atoms with Gasteiger partial charge >= 0.3 is 0 Å². The number of methoxy groups -OCH3 is 1. The van der Waals surface area contributed by atoms with Gasteiger partial charge in [-0.15, -0.1) is 0 Å². The van der Waals surface area contributed by atoms with Crippen LogP contribution in [0.4, 0.5) is 5.69 Å². The number of ether oxygens (including phenoxy) is 1. The molecule has 1 fully saturated rings. The van der Waals surface area contributed by atoms with Gasteiger partial charge < -0.3 is 20.7 Å². The Hall–Kier alpha value is -1.75. The molecule has 3 N–H and O–H groups in total. The van der Waals surface area contributed by atoms with E-state index in [4.69, 9.17) is 10.5 Å². The van der Waals surface area contributed by atoms with Gasteiger partial charge in [0, 0.05) is 18.8 Å². The fraction of sp³-hybridized carbons (Fsp3) is 0.533. The summed E-state index contributed by atoms with van der Waals surface area (Å²) in [5.74, 6) is 0.345. The molecule has 1 saturated heterocycles. The van der Waals surface area contributed by atoms with E-state index in [-0.39, 0.29) is 5.91 Å². The molecule has 0 atom stereocenters. The van der Waals surface area contributed by atoms with Crippen LogP contribution >= 0.6 is 0 Å². The number of hydrogen-bond acceptors (Lipinski definition) is 4. The molecule has 1 amide bonds. The number of anilines is 1. The van der Waals surface area contributed by atoms with Gasteiger partial charge in [-0.1, -0.05) is 12.5 Å². The van der Waals surface area contributed by atoms with E-state index < -0.39 is 0 Å². The van der Waals surface area contributed by atoms with Crippen LogP contribution in [0, 0.1) is 0 Å². The molecule has 2 rings (SSSR count). The Morgan fingerprint density at radius 1 is 1.35 bits per heavy atom. The maximum atomic E-state index is 12.2. The Labute approximate surface area is 120 Å². The zero-order chi connectivity index (χ0) is 14.4. The molecule has 0 bridgehead atoms. The van der Waals surface area contributed by atoms with Crippen molar-refractivity contribution in [1.29, 1.82) is 0 Å². The highest BCUT2D eigenvalue weighted by molar-refractivity contribution is 6.01. The minimum atomic E-state index is -0.169. The number of nitrogens with zero attached hydrogens (tertiary/aromatic N) is 1. The average Bonchev–Trinajstić information content (AvgIpc) is 2.47. The number of carbonyl (C=O) groups excluding carboxylic acids is 1. The maximum absolute atomic E-state index is 12.2. The van der Waals surface area contributed by atoms with E-state index in [9.17, 15) is 4.79 Å². The second-order valence-electron chi connectivity index (χ2n) is 5.08. The predicted octanol–water partition coefficient (Wildman–Crippen LogP) is 1.49. The normalized spacial score (nSPS) is 15.8. The molecule has 1 heterocycles. The Balaban J connectivity index is 1.88. The molecule has 1 aromatic carbocycles. The van der Waals surface area contributed by atoms with Crippen molar-refractivity contribution in [2.75, 3.05) is 39.0 Å². The van der Waals surface area contributed by atoms with Crippen molar-refractivity contribution >= 4 is 11.6 Å². The third kappa shape index (κ3) is 3.63. The second-order valence-corrected chi connectivity index (χ2v) is 5.08. The van der Waals surface area contributed by atoms with Crippen LogP contribution in [-0.4, -0.2) is 44.1 Å². The molecular weight excluding hydrogens is 254 g/mol. The van der Waals surface area contributed by atoms with Crippen LogP contribution in [0.1, 0.15) is 29.6 Å². The van der Waals surface area contributed by atoms with Gasteiger partial charge in [-0.25, -0.2) is 0 Å². The number of benzene rings is 1. The standard InChI is InChI=1S/C15H23N3O2/c1-20-13-7-5-6-12(16)14(13)15(19)17-8-11-18-9-3-2-4-10-18/h5-7H,2-4,8-11,16H2,1H3,(H,17,19). The first kappa shape index (κ1) is 14.7. The summed E-state index contributed by atoms with van der Waals surface area (Å²) in [5.41, 5.74) is 6.73. The molecule has 0 radical (unpaired) electrons. The average molecular weight is 277 g/mol. The molecule has 1 aliphatic rings. The summed E-state index contributed by atoms with van der Waals surface area (Å²) in [5, 5.41) is 2.92. The number of carbonyl (C=O) groups is 1. The molecule has 0 saturated carbocycles. The quantitative estimate of drug-likeness (QED) is 0.800. The molecule has 0 aromatic heterocycles. The Morgan fingerprint density at radius 2 is 2.10 bits per heavy atom. The molecule has 5 nitrogen and oxygen atoms in total. The highest BCUT2D eigenvalue weighted by atomic mass is 16.5. The second kappa shape index (κ2) is 7.14. The molecule has 20 heavy (non-hydrogen) atoms. The zero-order valence-corrected chi connectivity index (χ0v) is 12.0. The van der Waals surface area contributed by atoms with Crippen molar-refractivity contribution in [3.63, 3.8) is 0 Å². The van der Waals surface area contributed by atoms with Crippen LogP contribution in [-0.2, 0) is 0 Å². The Bertz CT molecular complexity index is 456. The summed E-state index contributed by atoms with van der Waals surface area (Å²) >= 11 is 0. The van der Waals surface area contributed by atoms with E-state index in [1.54, 1.807) is 25.3 Å². The Morgan fingerprint density at radius 3 is 2.80 bits per heavy atom. The number of nitrogen functional groups attached to an aromatic ring is 1. The highest BCUT2D eigenvalue weighted by Crippen LogP contribution is 2.23. The van der Waals surface area contributed by atoms with Crippen molar-refractivity contribution in [3.05, 3.63) is 23.8 Å². The number of rotatable bonds is 5. The molecule has 0 unspecified atom stereocenters. The van der Waals surface area contributed by atoms with Gasteiger partial charge in [0.25, 0.3) is 5.91 Å². The first-order chi connectivity index (χ1) is 9.72. The predicted molar refractivity (Wildman–Crippen MR) is 80.0 cm³/mol. The van der Waals surface area contributed by atoms with E-state index in [2.05, 4.69) is 10.2 Å². The van der Waals surface area contributed by atoms with Crippen molar-refractivity contribution in [2.24, 2.45) is 0 Å². The monoisotopic (exact) mass is 277 g/mol. The van der Waals surface area contributed by atoms with Crippen LogP contribution in [0.2, 0.25) is 0 Å². The molecular formula is C15H23N3O2. The van der Waals surface area contributed by atoms with Crippen molar-refractivity contribution in [2.45, 2.75) is 19.3 Å². The molecule has 0 spiro atoms. The smallest absolute Gasteiger partial charge is 0.257 e. The maximum Gasteiger partial charge on any atom is 0.257 e. The largest absolute Gasteiger partial charge is 0.496 e. The van der Waals surface area contributed by atoms with E-state index in [0.717, 1.165) is 19.6 Å². The number of nitrogens with two attached hydrogens (primary N) is 1. The summed E-state index contributed by atoms with van der Waals surface area (Å²) in [6.07, 6.45) is 3.83. The first-order valence-corrected chi connectivity index (χ1v) is 7.15. The van der Waals surface area contributed by atoms with Gasteiger partial charge in [0.1, 0.15) is 11.3 Å². The lowest BCUT2D eigenvalue weighted by Gasteiger charge is -2.26. The summed E-state index contributed by atoms with van der Waals surface area (Å²) in [6.45, 7) is 3.79. The molecule has 0 aliphatic carbocycles. The number of piperidine rings is 1. The van der Waals surface area contributed by atoms with E-state index in [0.29, 0.717) is 23.5 Å². The van der Waals surface area contributed by atoms with E-state index in [1.165, 1.54) is 19.3 Å². The number of likely N-dealkylation sites (tertiary alicyclic amines) is 1. The van der Waals surface area contributed by atoms with Crippen molar-refractivity contribution in [1.82, 2.24) is 10.2 Å². The van der Waals surface area contributed by atoms with Crippen LogP contribution in [0.15, 0.2) is 18.2 Å². The van der Waals surface area contributed by atoms with Gasteiger partial charge in [-0.2, -0.15) is 0 Å². The van der Waals surface area contributed by atoms with Gasteiger partial charge in [0.05, 0.1) is 7.11 Å². The summed E-state index contributed by atoms with van der Waals surface area (Å²) in [7, 11) is 1.54. The topological polar surface area (TPSA) is 67.6 Å². The minimum Gasteiger partial charge on any atom is -0.496 e. The lowest BCUT2D eigenvalue weighted by atomic mass is 10.1. The third-order valence-corrected chi connectivity index (χ3v) is 3.67. The Kier molecular flexibility index (Phi) is 5.24. The van der Waals surface area contributed by atoms with Crippen molar-refractivity contribution in [3.8, 4) is 5.75 Å². The van der Waals surface area contributed by atoms with Gasteiger partial charge in [-0.3, -0.25) is 4.79 Å². The third-order valence-electron chi connectivity index (χ3n) is 3.67. The first-order valence-electron chi connectivity index (χ1n) is 7.15. The highest BCUT2D eigenvalue weighted by Gasteiger charge is 2.16. The molecule has 110 valence electrons. The van der Waals surface area contributed by atoms with Gasteiger partial charge in [0.15, 0.2) is 0 Å². The minimum absolute atomic E-state index is 0.169. The van der Waals surface area contributed by atoms with Gasteiger partial charge in [0.2, 0.25) is 0 Å². The van der Waals surface area contributed by atoms with Crippen LogP contribution in [0.3, 0.4) is 0 Å². The SMILES string of the molecule is COc1cccc(N)c1C(=O)NCCN1CCCCC1. The van der Waals surface area contributed by atoms with Crippen LogP contribution < -0.4 is 15.8 Å². The molecule has 1 aromatic rings. The fourth-order valence-corrected chi connectivity index (χ4v) is 2.56. The van der Waals surface area contributed by atoms with Crippen molar-refractivity contribution < 1.29 is 9.53 Å². The number of hydrogen-bond donors (Lipinski definition) is 2. The lowest BCUT2D eigenvalue weighted by Crippen LogP contribution is -2.37. The fourth-order valence-electron chi connectivity index (χ4n) is 2.56. The van der Waals surface area contributed by atoms with E-state index >= 15 is 0 Å². The number of amides is 1. The van der Waals surface area contributed by atoms with Crippen LogP contribution in [0.5, 0.6) is 5.75 Å². The lowest BCUT2D eigenvalue weighted by molar-refractivity contribution is 0.0944. The van der Waals surface area contributed by atoms with Gasteiger partial charge in [-0.05, 0) is 38.1 Å². The summed E-state index contributed by atoms with van der Waals surface area (Å²) in [6, 6.07) is 5.23. The summed E-state index contributed by atoms with van der Waals surface area (Å²) < 4.78 is 5.19. The molecule has 5 heteroatoms.